The van der Waals surface area contributed by atoms with E-state index in [0.717, 1.165) is 51.9 Å². The van der Waals surface area contributed by atoms with E-state index in [1.54, 1.807) is 0 Å². The molecule has 1 saturated heterocycles. The van der Waals surface area contributed by atoms with Crippen LogP contribution in [0.2, 0.25) is 0 Å². The van der Waals surface area contributed by atoms with Crippen molar-refractivity contribution in [1.29, 1.82) is 0 Å². The van der Waals surface area contributed by atoms with Crippen molar-refractivity contribution in [2.75, 3.05) is 6.54 Å². The third-order valence-electron chi connectivity index (χ3n) is 5.34. The van der Waals surface area contributed by atoms with Crippen molar-refractivity contribution < 1.29 is 13.8 Å². The van der Waals surface area contributed by atoms with E-state index in [2.05, 4.69) is 16.4 Å². The Morgan fingerprint density at radius 2 is 1.96 bits per heavy atom. The second-order valence-electron chi connectivity index (χ2n) is 6.83. The Hall–Kier alpha value is -2.63. The monoisotopic (exact) mass is 339 g/mol. The number of amides is 1. The van der Waals surface area contributed by atoms with Gasteiger partial charge in [-0.2, -0.15) is 0 Å². The minimum atomic E-state index is -0.103. The summed E-state index contributed by atoms with van der Waals surface area (Å²) in [5, 5.41) is 8.86. The Balaban J connectivity index is 1.76. The Bertz CT molecular complexity index is 970. The third kappa shape index (κ3) is 2.35. The van der Waals surface area contributed by atoms with E-state index >= 15 is 0 Å². The van der Waals surface area contributed by atoms with Crippen LogP contribution in [-0.4, -0.2) is 27.7 Å². The van der Waals surface area contributed by atoms with Gasteiger partial charge in [0.15, 0.2) is 5.76 Å². The van der Waals surface area contributed by atoms with Gasteiger partial charge >= 0.3 is 0 Å². The molecule has 130 valence electrons. The lowest BCUT2D eigenvalue weighted by atomic mass is 10.0. The SMILES string of the molecule is Cc1ccc2c(C)c(C(=O)N3CCCC3c3nonc3C)oc2c1C. The predicted octanol–water partition coefficient (Wildman–Crippen LogP) is 4.03. The fourth-order valence-electron chi connectivity index (χ4n) is 3.69. The highest BCUT2D eigenvalue weighted by atomic mass is 16.6. The summed E-state index contributed by atoms with van der Waals surface area (Å²) in [5.74, 6) is 0.334. The molecule has 1 atom stereocenters. The number of carbonyl (C=O) groups excluding carboxylic acids is 1. The largest absolute Gasteiger partial charge is 0.450 e. The molecular formula is C19H21N3O3. The minimum Gasteiger partial charge on any atom is -0.450 e. The topological polar surface area (TPSA) is 72.4 Å². The first-order valence-electron chi connectivity index (χ1n) is 8.58. The average Bonchev–Trinajstić information content (AvgIpc) is 3.29. The number of fused-ring (bicyclic) bond motifs is 1. The molecule has 2 aromatic heterocycles. The highest BCUT2D eigenvalue weighted by Crippen LogP contribution is 2.36. The van der Waals surface area contributed by atoms with Gasteiger partial charge in [0.1, 0.15) is 17.0 Å². The maximum atomic E-state index is 13.2. The van der Waals surface area contributed by atoms with Gasteiger partial charge in [0.05, 0.1) is 6.04 Å². The second-order valence-corrected chi connectivity index (χ2v) is 6.83. The fourth-order valence-corrected chi connectivity index (χ4v) is 3.69. The first-order chi connectivity index (χ1) is 12.0. The number of nitrogens with zero attached hydrogens (tertiary/aromatic N) is 3. The van der Waals surface area contributed by atoms with Crippen LogP contribution in [-0.2, 0) is 0 Å². The molecule has 1 aliphatic rings. The van der Waals surface area contributed by atoms with Gasteiger partial charge in [0, 0.05) is 17.5 Å². The zero-order valence-corrected chi connectivity index (χ0v) is 14.9. The first kappa shape index (κ1) is 15.9. The molecule has 0 aliphatic carbocycles. The van der Waals surface area contributed by atoms with Gasteiger partial charge in [-0.05, 0) is 51.7 Å². The molecule has 3 heterocycles. The van der Waals surface area contributed by atoms with Crippen LogP contribution < -0.4 is 0 Å². The van der Waals surface area contributed by atoms with Gasteiger partial charge in [-0.1, -0.05) is 22.4 Å². The summed E-state index contributed by atoms with van der Waals surface area (Å²) in [4.78, 5) is 15.0. The van der Waals surface area contributed by atoms with E-state index in [1.165, 1.54) is 0 Å². The molecule has 0 radical (unpaired) electrons. The number of hydrogen-bond acceptors (Lipinski definition) is 5. The molecule has 0 saturated carbocycles. The molecular weight excluding hydrogens is 318 g/mol. The fraction of sp³-hybridized carbons (Fsp3) is 0.421. The molecule has 25 heavy (non-hydrogen) atoms. The summed E-state index contributed by atoms with van der Waals surface area (Å²) in [6.07, 6.45) is 1.79. The third-order valence-corrected chi connectivity index (χ3v) is 5.34. The summed E-state index contributed by atoms with van der Waals surface area (Å²) in [6, 6.07) is 3.99. The molecule has 0 N–H and O–H groups in total. The molecule has 0 spiro atoms. The molecule has 1 unspecified atom stereocenters. The quantitative estimate of drug-likeness (QED) is 0.705. The van der Waals surface area contributed by atoms with E-state index in [9.17, 15) is 4.79 Å². The van der Waals surface area contributed by atoms with E-state index in [0.29, 0.717) is 12.3 Å². The summed E-state index contributed by atoms with van der Waals surface area (Å²) in [6.45, 7) is 8.56. The molecule has 1 aromatic carbocycles. The van der Waals surface area contributed by atoms with Crippen LogP contribution in [0.25, 0.3) is 11.0 Å². The van der Waals surface area contributed by atoms with E-state index in [1.807, 2.05) is 38.7 Å². The lowest BCUT2D eigenvalue weighted by molar-refractivity contribution is 0.0699. The second kappa shape index (κ2) is 5.72. The lowest BCUT2D eigenvalue weighted by Gasteiger charge is -2.22. The number of likely N-dealkylation sites (tertiary alicyclic amines) is 1. The van der Waals surface area contributed by atoms with Crippen molar-refractivity contribution in [3.63, 3.8) is 0 Å². The summed E-state index contributed by atoms with van der Waals surface area (Å²) >= 11 is 0. The van der Waals surface area contributed by atoms with Gasteiger partial charge in [-0.25, -0.2) is 4.63 Å². The van der Waals surface area contributed by atoms with Crippen LogP contribution in [0.4, 0.5) is 0 Å². The Kier molecular flexibility index (Phi) is 3.63. The van der Waals surface area contributed by atoms with Gasteiger partial charge < -0.3 is 9.32 Å². The number of aromatic nitrogens is 2. The van der Waals surface area contributed by atoms with Crippen molar-refractivity contribution in [3.8, 4) is 0 Å². The maximum Gasteiger partial charge on any atom is 0.290 e. The number of benzene rings is 1. The molecule has 6 nitrogen and oxygen atoms in total. The molecule has 0 bridgehead atoms. The van der Waals surface area contributed by atoms with Crippen LogP contribution in [0.5, 0.6) is 0 Å². The van der Waals surface area contributed by atoms with Crippen LogP contribution in [0, 0.1) is 27.7 Å². The van der Waals surface area contributed by atoms with Crippen molar-refractivity contribution in [2.24, 2.45) is 0 Å². The number of furan rings is 1. The number of carbonyl (C=O) groups is 1. The summed E-state index contributed by atoms with van der Waals surface area (Å²) < 4.78 is 10.9. The van der Waals surface area contributed by atoms with E-state index in [-0.39, 0.29) is 11.9 Å². The summed E-state index contributed by atoms with van der Waals surface area (Å²) in [5.41, 5.74) is 5.40. The zero-order valence-electron chi connectivity index (χ0n) is 14.9. The molecule has 6 heteroatoms. The predicted molar refractivity (Wildman–Crippen MR) is 92.5 cm³/mol. The number of rotatable bonds is 2. The van der Waals surface area contributed by atoms with Gasteiger partial charge in [-0.15, -0.1) is 0 Å². The van der Waals surface area contributed by atoms with Gasteiger partial charge in [-0.3, -0.25) is 4.79 Å². The molecule has 3 aromatic rings. The standard InChI is InChI=1S/C19H21N3O3/c1-10-7-8-14-12(3)18(24-17(14)11(10)2)19(23)22-9-5-6-15(22)16-13(4)20-25-21-16/h7-8,15H,5-6,9H2,1-4H3. The Morgan fingerprint density at radius 3 is 2.68 bits per heavy atom. The Labute approximate surface area is 145 Å². The van der Waals surface area contributed by atoms with Crippen LogP contribution in [0.15, 0.2) is 21.2 Å². The van der Waals surface area contributed by atoms with Gasteiger partial charge in [0.25, 0.3) is 5.91 Å². The van der Waals surface area contributed by atoms with Crippen LogP contribution >= 0.6 is 0 Å². The van der Waals surface area contributed by atoms with Crippen LogP contribution in [0.3, 0.4) is 0 Å². The highest BCUT2D eigenvalue weighted by molar-refractivity contribution is 6.00. The van der Waals surface area contributed by atoms with E-state index in [4.69, 9.17) is 9.05 Å². The summed E-state index contributed by atoms with van der Waals surface area (Å²) in [7, 11) is 0. The average molecular weight is 339 g/mol. The number of hydrogen-bond donors (Lipinski definition) is 0. The highest BCUT2D eigenvalue weighted by Gasteiger charge is 2.36. The minimum absolute atomic E-state index is 0.0874. The van der Waals surface area contributed by atoms with Crippen molar-refractivity contribution in [3.05, 3.63) is 46.0 Å². The molecule has 4 rings (SSSR count). The van der Waals surface area contributed by atoms with Crippen molar-refractivity contribution in [2.45, 2.75) is 46.6 Å². The van der Waals surface area contributed by atoms with Gasteiger partial charge in [0.2, 0.25) is 0 Å². The Morgan fingerprint density at radius 1 is 1.16 bits per heavy atom. The van der Waals surface area contributed by atoms with Crippen molar-refractivity contribution in [1.82, 2.24) is 15.2 Å². The first-order valence-corrected chi connectivity index (χ1v) is 8.58. The smallest absolute Gasteiger partial charge is 0.290 e. The molecule has 1 aliphatic heterocycles. The van der Waals surface area contributed by atoms with E-state index < -0.39 is 0 Å². The zero-order chi connectivity index (χ0) is 17.7. The van der Waals surface area contributed by atoms with Crippen molar-refractivity contribution >= 4 is 16.9 Å². The molecule has 1 fully saturated rings. The maximum absolute atomic E-state index is 13.2. The molecule has 1 amide bonds. The lowest BCUT2D eigenvalue weighted by Crippen LogP contribution is -2.31. The van der Waals surface area contributed by atoms with Crippen LogP contribution in [0.1, 0.15) is 57.5 Å². The number of aryl methyl sites for hydroxylation is 4. The normalized spacial score (nSPS) is 17.6.